The molecule has 0 aliphatic heterocycles. The maximum Gasteiger partial charge on any atom is 0.268 e. The van der Waals surface area contributed by atoms with Crippen LogP contribution in [0.2, 0.25) is 0 Å². The summed E-state index contributed by atoms with van der Waals surface area (Å²) >= 11 is 0. The summed E-state index contributed by atoms with van der Waals surface area (Å²) in [5.41, 5.74) is 3.22. The largest absolute Gasteiger partial charge is 0.493 e. The molecule has 0 unspecified atom stereocenters. The van der Waals surface area contributed by atoms with Gasteiger partial charge in [-0.1, -0.05) is 54.6 Å². The molecule has 0 bridgehead atoms. The molecule has 7 nitrogen and oxygen atoms in total. The molecule has 7 heteroatoms. The van der Waals surface area contributed by atoms with Crippen molar-refractivity contribution in [3.63, 3.8) is 0 Å². The van der Waals surface area contributed by atoms with Gasteiger partial charge in [-0.3, -0.25) is 9.59 Å². The highest BCUT2D eigenvalue weighted by molar-refractivity contribution is 6.05. The first kappa shape index (κ1) is 25.3. The first-order valence-electron chi connectivity index (χ1n) is 11.7. The number of hydrogen-bond donors (Lipinski definition) is 2. The number of rotatable bonds is 9. The van der Waals surface area contributed by atoms with E-state index in [1.165, 1.54) is 26.6 Å². The second-order valence-corrected chi connectivity index (χ2v) is 8.27. The number of benzene rings is 3. The molecule has 0 radical (unpaired) electrons. The third kappa shape index (κ3) is 6.08. The maximum absolute atomic E-state index is 13.6. The Morgan fingerprint density at radius 1 is 0.865 bits per heavy atom. The van der Waals surface area contributed by atoms with E-state index in [1.54, 1.807) is 30.3 Å². The highest BCUT2D eigenvalue weighted by Gasteiger charge is 2.23. The van der Waals surface area contributed by atoms with E-state index >= 15 is 0 Å². The minimum Gasteiger partial charge on any atom is -0.493 e. The number of carbonyl (C=O) groups is 2. The Labute approximate surface area is 215 Å². The monoisotopic (exact) mass is 496 g/mol. The van der Waals surface area contributed by atoms with Crippen molar-refractivity contribution in [2.75, 3.05) is 14.2 Å². The van der Waals surface area contributed by atoms with E-state index in [1.807, 2.05) is 61.5 Å². The second-order valence-electron chi connectivity index (χ2n) is 8.27. The van der Waals surface area contributed by atoms with Crippen molar-refractivity contribution in [1.29, 1.82) is 0 Å². The van der Waals surface area contributed by atoms with Gasteiger partial charge in [0, 0.05) is 11.6 Å². The average Bonchev–Trinajstić information content (AvgIpc) is 3.45. The molecule has 3 aromatic carbocycles. The molecule has 0 aliphatic rings. The molecular formula is C30H28N2O5. The van der Waals surface area contributed by atoms with Crippen molar-refractivity contribution in [3.8, 4) is 11.5 Å². The summed E-state index contributed by atoms with van der Waals surface area (Å²) < 4.78 is 16.0. The van der Waals surface area contributed by atoms with Gasteiger partial charge in [0.15, 0.2) is 11.5 Å². The fourth-order valence-corrected chi connectivity index (χ4v) is 3.95. The number of carbonyl (C=O) groups excluding carboxylic acids is 2. The number of nitrogens with one attached hydrogen (secondary N) is 2. The van der Waals surface area contributed by atoms with Gasteiger partial charge in [-0.25, -0.2) is 0 Å². The third-order valence-electron chi connectivity index (χ3n) is 5.88. The number of methoxy groups -OCH3 is 2. The third-order valence-corrected chi connectivity index (χ3v) is 5.88. The van der Waals surface area contributed by atoms with Crippen molar-refractivity contribution >= 4 is 17.9 Å². The van der Waals surface area contributed by atoms with Gasteiger partial charge in [0.25, 0.3) is 11.8 Å². The number of ether oxygens (including phenoxy) is 2. The second kappa shape index (κ2) is 11.8. The van der Waals surface area contributed by atoms with Crippen LogP contribution in [0.1, 0.15) is 38.9 Å². The molecule has 0 fully saturated rings. The Balaban J connectivity index is 1.66. The average molecular weight is 497 g/mol. The topological polar surface area (TPSA) is 89.8 Å². The van der Waals surface area contributed by atoms with Crippen molar-refractivity contribution < 1.29 is 23.5 Å². The van der Waals surface area contributed by atoms with E-state index in [0.717, 1.165) is 16.7 Å². The summed E-state index contributed by atoms with van der Waals surface area (Å²) in [6, 6.07) is 25.3. The van der Waals surface area contributed by atoms with Gasteiger partial charge < -0.3 is 24.5 Å². The van der Waals surface area contributed by atoms with Gasteiger partial charge in [-0.2, -0.15) is 0 Å². The number of hydrogen-bond acceptors (Lipinski definition) is 5. The van der Waals surface area contributed by atoms with E-state index in [-0.39, 0.29) is 5.70 Å². The minimum atomic E-state index is -0.485. The smallest absolute Gasteiger partial charge is 0.268 e. The van der Waals surface area contributed by atoms with Crippen LogP contribution in [0.3, 0.4) is 0 Å². The van der Waals surface area contributed by atoms with Crippen LogP contribution < -0.4 is 20.1 Å². The molecule has 4 rings (SSSR count). The summed E-state index contributed by atoms with van der Waals surface area (Å²) in [7, 11) is 3.01. The van der Waals surface area contributed by atoms with Crippen molar-refractivity contribution in [1.82, 2.24) is 10.6 Å². The first-order valence-corrected chi connectivity index (χ1v) is 11.7. The zero-order valence-corrected chi connectivity index (χ0v) is 20.9. The van der Waals surface area contributed by atoms with Crippen LogP contribution in [0.5, 0.6) is 11.5 Å². The molecule has 1 atom stereocenters. The molecule has 2 amide bonds. The molecule has 1 aromatic heterocycles. The lowest BCUT2D eigenvalue weighted by atomic mass is 9.95. The van der Waals surface area contributed by atoms with Crippen LogP contribution in [-0.4, -0.2) is 26.0 Å². The normalized spacial score (nSPS) is 11.9. The van der Waals surface area contributed by atoms with Gasteiger partial charge in [0.05, 0.1) is 26.5 Å². The van der Waals surface area contributed by atoms with Gasteiger partial charge in [0.1, 0.15) is 11.5 Å². The standard InChI is InChI=1S/C30H28N2O5/c1-20-10-7-8-14-24(20)28(21-11-5-4-6-12-21)32-30(34)25(19-23-13-9-17-37-23)31-29(33)22-15-16-26(35-2)27(18-22)36-3/h4-19,28H,1-3H3,(H,31,33)(H,32,34)/b25-19-/t28-/m0/s1. The van der Waals surface area contributed by atoms with Crippen LogP contribution in [0.15, 0.2) is 101 Å². The minimum absolute atomic E-state index is 0.0317. The Hall–Kier alpha value is -4.78. The molecule has 188 valence electrons. The molecule has 0 saturated heterocycles. The SMILES string of the molecule is COc1ccc(C(=O)N/C(=C\c2ccco2)C(=O)N[C@@H](c2ccccc2)c2ccccc2C)cc1OC. The Bertz CT molecular complexity index is 1390. The lowest BCUT2D eigenvalue weighted by Gasteiger charge is -2.22. The summed E-state index contributed by atoms with van der Waals surface area (Å²) in [4.78, 5) is 26.8. The molecular weight excluding hydrogens is 468 g/mol. The van der Waals surface area contributed by atoms with Crippen LogP contribution in [0.4, 0.5) is 0 Å². The Morgan fingerprint density at radius 3 is 2.27 bits per heavy atom. The van der Waals surface area contributed by atoms with Gasteiger partial charge in [-0.15, -0.1) is 0 Å². The Morgan fingerprint density at radius 2 is 1.59 bits per heavy atom. The van der Waals surface area contributed by atoms with E-state index in [4.69, 9.17) is 13.9 Å². The van der Waals surface area contributed by atoms with Crippen molar-refractivity contribution in [3.05, 3.63) is 125 Å². The molecule has 0 saturated carbocycles. The first-order chi connectivity index (χ1) is 18.0. The van der Waals surface area contributed by atoms with Crippen LogP contribution in [0, 0.1) is 6.92 Å². The predicted octanol–water partition coefficient (Wildman–Crippen LogP) is 5.28. The summed E-state index contributed by atoms with van der Waals surface area (Å²) in [5, 5.41) is 5.83. The fraction of sp³-hybridized carbons (Fsp3) is 0.133. The van der Waals surface area contributed by atoms with E-state index < -0.39 is 17.9 Å². The molecule has 37 heavy (non-hydrogen) atoms. The van der Waals surface area contributed by atoms with Crippen LogP contribution in [-0.2, 0) is 4.79 Å². The fourth-order valence-electron chi connectivity index (χ4n) is 3.95. The highest BCUT2D eigenvalue weighted by atomic mass is 16.5. The zero-order valence-electron chi connectivity index (χ0n) is 20.9. The van der Waals surface area contributed by atoms with Crippen molar-refractivity contribution in [2.24, 2.45) is 0 Å². The van der Waals surface area contributed by atoms with E-state index in [2.05, 4.69) is 10.6 Å². The molecule has 0 spiro atoms. The number of aryl methyl sites for hydroxylation is 1. The Kier molecular flexibility index (Phi) is 8.05. The highest BCUT2D eigenvalue weighted by Crippen LogP contribution is 2.28. The molecule has 1 heterocycles. The maximum atomic E-state index is 13.6. The van der Waals surface area contributed by atoms with E-state index in [0.29, 0.717) is 22.8 Å². The summed E-state index contributed by atoms with van der Waals surface area (Å²) in [5.74, 6) is 0.361. The predicted molar refractivity (Wildman–Crippen MR) is 141 cm³/mol. The molecule has 2 N–H and O–H groups in total. The summed E-state index contributed by atoms with van der Waals surface area (Å²) in [6.45, 7) is 2.00. The quantitative estimate of drug-likeness (QED) is 0.308. The summed E-state index contributed by atoms with van der Waals surface area (Å²) in [6.07, 6.45) is 2.99. The lowest BCUT2D eigenvalue weighted by molar-refractivity contribution is -0.118. The van der Waals surface area contributed by atoms with Gasteiger partial charge in [-0.05, 0) is 53.9 Å². The molecule has 4 aromatic rings. The number of furan rings is 1. The lowest BCUT2D eigenvalue weighted by Crippen LogP contribution is -2.37. The van der Waals surface area contributed by atoms with Crippen LogP contribution in [0.25, 0.3) is 6.08 Å². The zero-order chi connectivity index (χ0) is 26.2. The molecule has 0 aliphatic carbocycles. The van der Waals surface area contributed by atoms with Gasteiger partial charge in [0.2, 0.25) is 0 Å². The van der Waals surface area contributed by atoms with Gasteiger partial charge >= 0.3 is 0 Å². The van der Waals surface area contributed by atoms with E-state index in [9.17, 15) is 9.59 Å². The van der Waals surface area contributed by atoms with Crippen LogP contribution >= 0.6 is 0 Å². The van der Waals surface area contributed by atoms with Crippen molar-refractivity contribution in [2.45, 2.75) is 13.0 Å². The number of amides is 2.